The first-order chi connectivity index (χ1) is 7.83. The van der Waals surface area contributed by atoms with E-state index in [4.69, 9.17) is 0 Å². The molecule has 2 aromatic carbocycles. The summed E-state index contributed by atoms with van der Waals surface area (Å²) in [5, 5.41) is 10.3. The molecule has 2 rings (SSSR count). The molecule has 0 aliphatic heterocycles. The standard InChI is InChI=1S/C12H12N2.C2H6/c1-9-7-8-12(14-13-2)11-6-4-3-5-10(9)11;1-2/h3-8H,1-2H3;1-2H3. The van der Waals surface area contributed by atoms with Gasteiger partial charge in [-0.05, 0) is 23.9 Å². The lowest BCUT2D eigenvalue weighted by Gasteiger charge is -2.03. The van der Waals surface area contributed by atoms with Gasteiger partial charge in [-0.1, -0.05) is 44.2 Å². The van der Waals surface area contributed by atoms with Crippen LogP contribution in [0, 0.1) is 6.92 Å². The van der Waals surface area contributed by atoms with Gasteiger partial charge in [0.1, 0.15) is 0 Å². The minimum Gasteiger partial charge on any atom is -0.192 e. The third-order valence-corrected chi connectivity index (χ3v) is 2.33. The van der Waals surface area contributed by atoms with Crippen molar-refractivity contribution in [1.82, 2.24) is 0 Å². The van der Waals surface area contributed by atoms with E-state index in [1.165, 1.54) is 10.9 Å². The second kappa shape index (κ2) is 6.01. The molecule has 0 aromatic heterocycles. The van der Waals surface area contributed by atoms with E-state index in [-0.39, 0.29) is 0 Å². The molecule has 0 fully saturated rings. The van der Waals surface area contributed by atoms with Gasteiger partial charge in [0, 0.05) is 12.4 Å². The number of azo groups is 1. The van der Waals surface area contributed by atoms with Gasteiger partial charge in [-0.3, -0.25) is 0 Å². The van der Waals surface area contributed by atoms with Gasteiger partial charge in [-0.15, -0.1) is 0 Å². The van der Waals surface area contributed by atoms with Gasteiger partial charge in [0.2, 0.25) is 0 Å². The van der Waals surface area contributed by atoms with Crippen LogP contribution in [0.1, 0.15) is 19.4 Å². The summed E-state index contributed by atoms with van der Waals surface area (Å²) in [4.78, 5) is 0. The number of hydrogen-bond donors (Lipinski definition) is 0. The SMILES string of the molecule is CC.CN=Nc1ccc(C)c2ccccc12. The van der Waals surface area contributed by atoms with Gasteiger partial charge in [-0.2, -0.15) is 10.2 Å². The number of hydrogen-bond acceptors (Lipinski definition) is 2. The van der Waals surface area contributed by atoms with Crippen LogP contribution >= 0.6 is 0 Å². The number of fused-ring (bicyclic) bond motifs is 1. The van der Waals surface area contributed by atoms with Crippen molar-refractivity contribution >= 4 is 16.5 Å². The van der Waals surface area contributed by atoms with Crippen LogP contribution in [0.25, 0.3) is 10.8 Å². The van der Waals surface area contributed by atoms with Crippen LogP contribution in [0.15, 0.2) is 46.6 Å². The van der Waals surface area contributed by atoms with Crippen molar-refractivity contribution < 1.29 is 0 Å². The maximum atomic E-state index is 4.10. The van der Waals surface area contributed by atoms with Crippen molar-refractivity contribution in [3.05, 3.63) is 42.0 Å². The lowest BCUT2D eigenvalue weighted by molar-refractivity contribution is 1.17. The Balaban J connectivity index is 0.000000606. The molecule has 0 bridgehead atoms. The van der Waals surface area contributed by atoms with E-state index in [1.54, 1.807) is 7.05 Å². The van der Waals surface area contributed by atoms with Crippen LogP contribution in [0.4, 0.5) is 5.69 Å². The monoisotopic (exact) mass is 214 g/mol. The minimum atomic E-state index is 0.939. The zero-order valence-electron chi connectivity index (χ0n) is 10.4. The van der Waals surface area contributed by atoms with Crippen molar-refractivity contribution in [1.29, 1.82) is 0 Å². The first-order valence-electron chi connectivity index (χ1n) is 5.61. The van der Waals surface area contributed by atoms with Gasteiger partial charge in [-0.25, -0.2) is 0 Å². The second-order valence-electron chi connectivity index (χ2n) is 3.25. The average molecular weight is 214 g/mol. The Morgan fingerprint density at radius 3 is 2.12 bits per heavy atom. The molecule has 2 aromatic rings. The van der Waals surface area contributed by atoms with Crippen molar-refractivity contribution in [2.24, 2.45) is 10.2 Å². The first kappa shape index (κ1) is 12.4. The summed E-state index contributed by atoms with van der Waals surface area (Å²) in [7, 11) is 1.69. The van der Waals surface area contributed by atoms with Crippen LogP contribution in [-0.2, 0) is 0 Å². The lowest BCUT2D eigenvalue weighted by Crippen LogP contribution is -1.77. The second-order valence-corrected chi connectivity index (χ2v) is 3.25. The van der Waals surface area contributed by atoms with E-state index in [0.717, 1.165) is 11.1 Å². The summed E-state index contributed by atoms with van der Waals surface area (Å²) < 4.78 is 0. The maximum absolute atomic E-state index is 4.10. The van der Waals surface area contributed by atoms with E-state index in [1.807, 2.05) is 32.0 Å². The highest BCUT2D eigenvalue weighted by atomic mass is 15.1. The molecule has 16 heavy (non-hydrogen) atoms. The Hall–Kier alpha value is -1.70. The van der Waals surface area contributed by atoms with Gasteiger partial charge in [0.15, 0.2) is 0 Å². The van der Waals surface area contributed by atoms with Gasteiger partial charge < -0.3 is 0 Å². The molecule has 0 amide bonds. The van der Waals surface area contributed by atoms with Crippen LogP contribution in [0.5, 0.6) is 0 Å². The topological polar surface area (TPSA) is 24.7 Å². The average Bonchev–Trinajstić information content (AvgIpc) is 2.36. The molecule has 0 aliphatic carbocycles. The van der Waals surface area contributed by atoms with E-state index in [9.17, 15) is 0 Å². The molecule has 0 unspecified atom stereocenters. The lowest BCUT2D eigenvalue weighted by atomic mass is 10.0. The Labute approximate surface area is 97.0 Å². The number of benzene rings is 2. The first-order valence-corrected chi connectivity index (χ1v) is 5.61. The molecule has 2 nitrogen and oxygen atoms in total. The third-order valence-electron chi connectivity index (χ3n) is 2.33. The van der Waals surface area contributed by atoms with Crippen LogP contribution < -0.4 is 0 Å². The highest BCUT2D eigenvalue weighted by molar-refractivity contribution is 5.94. The fraction of sp³-hybridized carbons (Fsp3) is 0.286. The molecule has 0 aliphatic rings. The minimum absolute atomic E-state index is 0.939. The van der Waals surface area contributed by atoms with E-state index < -0.39 is 0 Å². The molecular formula is C14H18N2. The van der Waals surface area contributed by atoms with Crippen LogP contribution in [0.3, 0.4) is 0 Å². The van der Waals surface area contributed by atoms with Gasteiger partial charge >= 0.3 is 0 Å². The molecule has 0 heterocycles. The highest BCUT2D eigenvalue weighted by Gasteiger charge is 2.00. The largest absolute Gasteiger partial charge is 0.192 e. The molecule has 0 atom stereocenters. The quantitative estimate of drug-likeness (QED) is 0.604. The highest BCUT2D eigenvalue weighted by Crippen LogP contribution is 2.28. The van der Waals surface area contributed by atoms with Crippen LogP contribution in [0.2, 0.25) is 0 Å². The van der Waals surface area contributed by atoms with Crippen molar-refractivity contribution in [2.75, 3.05) is 7.05 Å². The van der Waals surface area contributed by atoms with E-state index >= 15 is 0 Å². The normalized spacial score (nSPS) is 10.2. The number of aryl methyl sites for hydroxylation is 1. The molecule has 0 saturated heterocycles. The predicted octanol–water partition coefficient (Wildman–Crippen LogP) is 4.89. The summed E-state index contributed by atoms with van der Waals surface area (Å²) in [6, 6.07) is 12.3. The van der Waals surface area contributed by atoms with Crippen LogP contribution in [-0.4, -0.2) is 7.05 Å². The summed E-state index contributed by atoms with van der Waals surface area (Å²) >= 11 is 0. The van der Waals surface area contributed by atoms with Gasteiger partial charge in [0.25, 0.3) is 0 Å². The molecule has 2 heteroatoms. The summed E-state index contributed by atoms with van der Waals surface area (Å²) in [6.07, 6.45) is 0. The Morgan fingerprint density at radius 2 is 1.50 bits per heavy atom. The van der Waals surface area contributed by atoms with E-state index in [2.05, 4.69) is 35.4 Å². The Morgan fingerprint density at radius 1 is 0.875 bits per heavy atom. The maximum Gasteiger partial charge on any atom is 0.0930 e. The number of rotatable bonds is 1. The smallest absolute Gasteiger partial charge is 0.0930 e. The van der Waals surface area contributed by atoms with Gasteiger partial charge in [0.05, 0.1) is 5.69 Å². The Bertz CT molecular complexity index is 487. The molecule has 0 N–H and O–H groups in total. The fourth-order valence-electron chi connectivity index (χ4n) is 1.63. The van der Waals surface area contributed by atoms with Crippen molar-refractivity contribution in [2.45, 2.75) is 20.8 Å². The molecule has 0 saturated carbocycles. The molecule has 0 radical (unpaired) electrons. The Kier molecular flexibility index (Phi) is 4.65. The van der Waals surface area contributed by atoms with Crippen molar-refractivity contribution in [3.63, 3.8) is 0 Å². The fourth-order valence-corrected chi connectivity index (χ4v) is 1.63. The zero-order chi connectivity index (χ0) is 12.0. The summed E-state index contributed by atoms with van der Waals surface area (Å²) in [5.74, 6) is 0. The molecule has 84 valence electrons. The molecule has 0 spiro atoms. The summed E-state index contributed by atoms with van der Waals surface area (Å²) in [5.41, 5.74) is 2.21. The number of nitrogens with zero attached hydrogens (tertiary/aromatic N) is 2. The zero-order valence-corrected chi connectivity index (χ0v) is 10.4. The molecular weight excluding hydrogens is 196 g/mol. The van der Waals surface area contributed by atoms with Crippen molar-refractivity contribution in [3.8, 4) is 0 Å². The predicted molar refractivity (Wildman–Crippen MR) is 70.5 cm³/mol. The third kappa shape index (κ3) is 2.45. The van der Waals surface area contributed by atoms with E-state index in [0.29, 0.717) is 0 Å². The summed E-state index contributed by atoms with van der Waals surface area (Å²) in [6.45, 7) is 6.11.